The fourth-order valence-electron chi connectivity index (χ4n) is 2.13. The predicted octanol–water partition coefficient (Wildman–Crippen LogP) is 2.52. The zero-order valence-electron chi connectivity index (χ0n) is 11.4. The summed E-state index contributed by atoms with van der Waals surface area (Å²) in [5.74, 6) is 1.13. The largest absolute Gasteiger partial charge is 0.359 e. The van der Waals surface area contributed by atoms with Crippen molar-refractivity contribution < 1.29 is 0 Å². The molecule has 1 aliphatic heterocycles. The Balaban J connectivity index is 1.94. The fourth-order valence-corrected chi connectivity index (χ4v) is 3.56. The minimum absolute atomic E-state index is 0.254. The number of aromatic nitrogens is 2. The molecule has 1 fully saturated rings. The highest BCUT2D eigenvalue weighted by molar-refractivity contribution is 8.14. The van der Waals surface area contributed by atoms with Gasteiger partial charge in [-0.05, 0) is 25.8 Å². The molecule has 2 rings (SSSR count). The van der Waals surface area contributed by atoms with Gasteiger partial charge < -0.3 is 5.32 Å². The number of hydrogen-bond donors (Lipinski definition) is 1. The Morgan fingerprint density at radius 3 is 2.89 bits per heavy atom. The quantitative estimate of drug-likeness (QED) is 0.890. The number of nitrogens with one attached hydrogen (secondary N) is 1. The Labute approximate surface area is 113 Å². The van der Waals surface area contributed by atoms with E-state index in [0.717, 1.165) is 30.3 Å². The van der Waals surface area contributed by atoms with Gasteiger partial charge in [-0.1, -0.05) is 25.6 Å². The van der Waals surface area contributed by atoms with E-state index in [1.165, 1.54) is 0 Å². The Bertz CT molecular complexity index is 395. The third-order valence-corrected chi connectivity index (χ3v) is 4.74. The molecule has 4 nitrogen and oxygen atoms in total. The molecule has 1 saturated heterocycles. The normalized spacial score (nSPS) is 22.1. The maximum absolute atomic E-state index is 4.75. The highest BCUT2D eigenvalue weighted by atomic mass is 32.2. The van der Waals surface area contributed by atoms with Crippen LogP contribution >= 0.6 is 11.8 Å². The van der Waals surface area contributed by atoms with Crippen LogP contribution in [-0.2, 0) is 6.54 Å². The maximum atomic E-state index is 4.75. The van der Waals surface area contributed by atoms with E-state index in [1.54, 1.807) is 0 Å². The minimum atomic E-state index is 0.254. The number of hydrogen-bond acceptors (Lipinski definition) is 3. The van der Waals surface area contributed by atoms with Gasteiger partial charge in [-0.2, -0.15) is 5.10 Å². The van der Waals surface area contributed by atoms with Gasteiger partial charge in [0.25, 0.3) is 0 Å². The summed E-state index contributed by atoms with van der Waals surface area (Å²) < 4.78 is 1.93. The van der Waals surface area contributed by atoms with E-state index in [0.29, 0.717) is 0 Å². The summed E-state index contributed by atoms with van der Waals surface area (Å²) in [4.78, 5) is 4.75. The van der Waals surface area contributed by atoms with Gasteiger partial charge in [0, 0.05) is 23.7 Å². The second-order valence-electron chi connectivity index (χ2n) is 4.91. The number of nitrogens with zero attached hydrogens (tertiary/aromatic N) is 3. The van der Waals surface area contributed by atoms with E-state index in [9.17, 15) is 0 Å². The highest BCUT2D eigenvalue weighted by Gasteiger charge is 2.33. The van der Waals surface area contributed by atoms with Gasteiger partial charge in [0.1, 0.15) is 0 Å². The lowest BCUT2D eigenvalue weighted by atomic mass is 9.96. The summed E-state index contributed by atoms with van der Waals surface area (Å²) in [6.07, 6.45) is 6.10. The van der Waals surface area contributed by atoms with Crippen molar-refractivity contribution in [2.45, 2.75) is 51.7 Å². The van der Waals surface area contributed by atoms with Crippen molar-refractivity contribution in [1.82, 2.24) is 15.1 Å². The second kappa shape index (κ2) is 5.78. The summed E-state index contributed by atoms with van der Waals surface area (Å²) in [6.45, 7) is 7.46. The molecule has 0 radical (unpaired) electrons. The summed E-state index contributed by atoms with van der Waals surface area (Å²) in [5.41, 5.74) is 0.259. The average molecular weight is 266 g/mol. The lowest BCUT2D eigenvalue weighted by Crippen LogP contribution is -2.42. The predicted molar refractivity (Wildman–Crippen MR) is 78.0 cm³/mol. The van der Waals surface area contributed by atoms with Gasteiger partial charge in [0.2, 0.25) is 0 Å². The Morgan fingerprint density at radius 1 is 1.56 bits per heavy atom. The average Bonchev–Trinajstić information content (AvgIpc) is 2.99. The monoisotopic (exact) mass is 266 g/mol. The highest BCUT2D eigenvalue weighted by Crippen LogP contribution is 2.29. The van der Waals surface area contributed by atoms with Crippen LogP contribution in [0.25, 0.3) is 0 Å². The number of thioether (sulfide) groups is 1. The van der Waals surface area contributed by atoms with Crippen molar-refractivity contribution in [3.63, 3.8) is 0 Å². The lowest BCUT2D eigenvalue weighted by Gasteiger charge is -2.25. The number of amidine groups is 1. The zero-order valence-corrected chi connectivity index (χ0v) is 12.2. The van der Waals surface area contributed by atoms with Crippen LogP contribution in [0.4, 0.5) is 0 Å². The molecule has 1 aromatic heterocycles. The van der Waals surface area contributed by atoms with Gasteiger partial charge >= 0.3 is 0 Å². The molecule has 1 atom stereocenters. The van der Waals surface area contributed by atoms with Crippen LogP contribution in [0.15, 0.2) is 23.5 Å². The third kappa shape index (κ3) is 3.07. The van der Waals surface area contributed by atoms with Gasteiger partial charge in [-0.25, -0.2) is 0 Å². The van der Waals surface area contributed by atoms with Crippen molar-refractivity contribution in [3.8, 4) is 0 Å². The number of aliphatic imine (C=N–C) groups is 1. The van der Waals surface area contributed by atoms with E-state index in [-0.39, 0.29) is 11.6 Å². The van der Waals surface area contributed by atoms with Crippen molar-refractivity contribution in [3.05, 3.63) is 18.5 Å². The first-order valence-electron chi connectivity index (χ1n) is 6.63. The molecule has 5 heteroatoms. The minimum Gasteiger partial charge on any atom is -0.359 e. The van der Waals surface area contributed by atoms with Crippen molar-refractivity contribution in [2.24, 2.45) is 4.99 Å². The molecule has 1 unspecified atom stereocenters. The molecule has 0 amide bonds. The van der Waals surface area contributed by atoms with Gasteiger partial charge in [0.05, 0.1) is 12.6 Å². The molecule has 0 spiro atoms. The number of rotatable bonds is 5. The molecule has 18 heavy (non-hydrogen) atoms. The molecule has 1 aliphatic rings. The topological polar surface area (TPSA) is 42.2 Å². The van der Waals surface area contributed by atoms with Crippen LogP contribution in [0.2, 0.25) is 0 Å². The molecule has 0 saturated carbocycles. The third-order valence-electron chi connectivity index (χ3n) is 3.56. The van der Waals surface area contributed by atoms with Crippen LogP contribution < -0.4 is 5.32 Å². The molecule has 0 aromatic carbocycles. The molecule has 0 aliphatic carbocycles. The van der Waals surface area contributed by atoms with Crippen molar-refractivity contribution >= 4 is 16.9 Å². The standard InChI is InChI=1S/C13H22N4S/c1-4-13(5-2)10-18-12(16-13)15-11(3)9-17-8-6-7-14-17/h6-8,11H,4-5,9-10H2,1-3H3,(H,15,16). The van der Waals surface area contributed by atoms with Crippen LogP contribution in [0.3, 0.4) is 0 Å². The maximum Gasteiger partial charge on any atom is 0.157 e. The Kier molecular flexibility index (Phi) is 4.32. The Hall–Kier alpha value is -0.970. The van der Waals surface area contributed by atoms with Crippen LogP contribution in [0.1, 0.15) is 33.6 Å². The second-order valence-corrected chi connectivity index (χ2v) is 5.88. The zero-order chi connectivity index (χ0) is 13.0. The summed E-state index contributed by atoms with van der Waals surface area (Å²) in [6, 6.07) is 2.20. The summed E-state index contributed by atoms with van der Waals surface area (Å²) >= 11 is 1.85. The Morgan fingerprint density at radius 2 is 2.33 bits per heavy atom. The van der Waals surface area contributed by atoms with Gasteiger partial charge in [-0.3, -0.25) is 9.67 Å². The van der Waals surface area contributed by atoms with Crippen LogP contribution in [-0.4, -0.2) is 32.3 Å². The van der Waals surface area contributed by atoms with E-state index in [4.69, 9.17) is 4.99 Å². The molecule has 1 N–H and O–H groups in total. The van der Waals surface area contributed by atoms with Crippen molar-refractivity contribution in [1.29, 1.82) is 0 Å². The van der Waals surface area contributed by atoms with E-state index in [1.807, 2.05) is 34.9 Å². The first-order chi connectivity index (χ1) is 8.67. The van der Waals surface area contributed by atoms with Crippen LogP contribution in [0.5, 0.6) is 0 Å². The van der Waals surface area contributed by atoms with Gasteiger partial charge in [-0.15, -0.1) is 0 Å². The molecular formula is C13H22N4S. The summed E-state index contributed by atoms with van der Waals surface area (Å²) in [7, 11) is 0. The fraction of sp³-hybridized carbons (Fsp3) is 0.692. The van der Waals surface area contributed by atoms with E-state index in [2.05, 4.69) is 31.2 Å². The molecule has 1 aromatic rings. The van der Waals surface area contributed by atoms with Crippen molar-refractivity contribution in [2.75, 3.05) is 5.75 Å². The molecule has 2 heterocycles. The lowest BCUT2D eigenvalue weighted by molar-refractivity contribution is 0.406. The smallest absolute Gasteiger partial charge is 0.157 e. The molecule has 100 valence electrons. The van der Waals surface area contributed by atoms with Crippen LogP contribution in [0, 0.1) is 0 Å². The molecule has 0 bridgehead atoms. The SMILES string of the molecule is CCC1(CC)CSC(=NC(C)Cn2cccn2)N1. The van der Waals surface area contributed by atoms with Gasteiger partial charge in [0.15, 0.2) is 5.17 Å². The summed E-state index contributed by atoms with van der Waals surface area (Å²) in [5, 5.41) is 8.91. The molecular weight excluding hydrogens is 244 g/mol. The van der Waals surface area contributed by atoms with E-state index < -0.39 is 0 Å². The first-order valence-corrected chi connectivity index (χ1v) is 7.62. The first kappa shape index (κ1) is 13.5. The van der Waals surface area contributed by atoms with E-state index >= 15 is 0 Å².